The van der Waals surface area contributed by atoms with Crippen molar-refractivity contribution >= 4 is 18.2 Å². The summed E-state index contributed by atoms with van der Waals surface area (Å²) >= 11 is 0. The van der Waals surface area contributed by atoms with Crippen molar-refractivity contribution in [1.29, 1.82) is 0 Å². The number of rotatable bonds is 1. The topological polar surface area (TPSA) is 0 Å². The monoisotopic (exact) mass is 695 g/mol. The molecule has 4 aromatic rings. The second-order valence-electron chi connectivity index (χ2n) is 13.1. The van der Waals surface area contributed by atoms with Crippen LogP contribution in [0.3, 0.4) is 0 Å². The average Bonchev–Trinajstić information content (AvgIpc) is 3.56. The van der Waals surface area contributed by atoms with E-state index >= 15 is 0 Å². The van der Waals surface area contributed by atoms with Gasteiger partial charge in [0.2, 0.25) is 0 Å². The van der Waals surface area contributed by atoms with E-state index in [0.717, 1.165) is 11.6 Å². The molecule has 6 rings (SSSR count). The minimum atomic E-state index is 0. The fourth-order valence-corrected chi connectivity index (χ4v) is 5.14. The van der Waals surface area contributed by atoms with Gasteiger partial charge in [-0.15, -0.1) is 33.4 Å². The van der Waals surface area contributed by atoms with Crippen molar-refractivity contribution in [3.05, 3.63) is 157 Å². The van der Waals surface area contributed by atoms with Gasteiger partial charge in [0.15, 0.2) is 0 Å². The standard InChI is InChI=1S/C27H29.2C7H7.2ClH.Zr/c1-17-24(27(5,6)7)16-22-21-15-20(26(2,3)4)13-12-19(21)14-23(22)25(17)18-10-8-9-11-18;2*1-7-5-3-2-4-6-7;;;/h8-10,12-13,15-16H,1,11H2,2-7H3;2*3-6H,1H3;2*1H;/q3*-1;;;+2/p-2. The largest absolute Gasteiger partial charge is 2.00 e. The molecular weight excluding hydrogens is 655 g/mol. The number of benzene rings is 4. The molecule has 0 spiro atoms. The van der Waals surface area contributed by atoms with Crippen molar-refractivity contribution in [3.8, 4) is 0 Å². The maximum Gasteiger partial charge on any atom is 2.00 e. The predicted molar refractivity (Wildman–Crippen MR) is 177 cm³/mol. The summed E-state index contributed by atoms with van der Waals surface area (Å²) in [5, 5.41) is 5.00. The van der Waals surface area contributed by atoms with Crippen molar-refractivity contribution < 1.29 is 51.0 Å². The molecule has 0 unspecified atom stereocenters. The molecule has 0 fully saturated rings. The third-order valence-electron chi connectivity index (χ3n) is 7.54. The van der Waals surface area contributed by atoms with Crippen LogP contribution in [0, 0.1) is 36.4 Å². The molecule has 0 aliphatic heterocycles. The Hall–Kier alpha value is -2.44. The van der Waals surface area contributed by atoms with Gasteiger partial charge in [0.05, 0.1) is 0 Å². The molecule has 4 aromatic carbocycles. The van der Waals surface area contributed by atoms with E-state index in [1.807, 2.05) is 48.5 Å². The molecule has 0 atom stereocenters. The minimum Gasteiger partial charge on any atom is -1.00 e. The van der Waals surface area contributed by atoms with Gasteiger partial charge in [0.25, 0.3) is 0 Å². The number of aryl methyl sites for hydroxylation is 2. The Kier molecular flexibility index (Phi) is 15.1. The maximum atomic E-state index is 4.52. The SMILES string of the molecule is C=c1c(C(C)(C)C)cc2c(c1C1=CC=CC1)[C-]=c1ccc(C(C)(C)C)cc1=2.Cc1cc[c-]cc1.Cc1cc[c-]cc1.[Cl-].[Cl-].[Zr+2]. The van der Waals surface area contributed by atoms with Crippen molar-refractivity contribution in [2.24, 2.45) is 0 Å². The first-order valence-corrected chi connectivity index (χ1v) is 14.5. The molecule has 228 valence electrons. The Balaban J connectivity index is 0.000000471. The maximum absolute atomic E-state index is 4.52. The van der Waals surface area contributed by atoms with Gasteiger partial charge in [0, 0.05) is 0 Å². The molecule has 44 heavy (non-hydrogen) atoms. The second kappa shape index (κ2) is 16.8. The van der Waals surface area contributed by atoms with Crippen LogP contribution >= 0.6 is 0 Å². The van der Waals surface area contributed by atoms with Crippen LogP contribution < -0.4 is 35.3 Å². The van der Waals surface area contributed by atoms with Gasteiger partial charge in [-0.1, -0.05) is 126 Å². The van der Waals surface area contributed by atoms with Crippen LogP contribution in [0.25, 0.3) is 18.2 Å². The summed E-state index contributed by atoms with van der Waals surface area (Å²) in [6, 6.07) is 30.9. The molecule has 2 aliphatic carbocycles. The number of fused-ring (bicyclic) bond motifs is 2. The van der Waals surface area contributed by atoms with Gasteiger partial charge < -0.3 is 24.8 Å². The van der Waals surface area contributed by atoms with Crippen LogP contribution in [0.1, 0.15) is 81.3 Å². The minimum absolute atomic E-state index is 0. The van der Waals surface area contributed by atoms with Crippen LogP contribution in [0.2, 0.25) is 0 Å². The average molecular weight is 698 g/mol. The quantitative estimate of drug-likeness (QED) is 0.237. The zero-order chi connectivity index (χ0) is 29.8. The van der Waals surface area contributed by atoms with Gasteiger partial charge in [-0.05, 0) is 17.3 Å². The zero-order valence-corrected chi connectivity index (χ0v) is 31.3. The second-order valence-corrected chi connectivity index (χ2v) is 13.1. The van der Waals surface area contributed by atoms with E-state index in [0.29, 0.717) is 0 Å². The summed E-state index contributed by atoms with van der Waals surface area (Å²) in [5.74, 6) is 0. The summed E-state index contributed by atoms with van der Waals surface area (Å²) in [6.07, 6.45) is 11.3. The summed E-state index contributed by atoms with van der Waals surface area (Å²) in [5.41, 5.74) is 9.35. The smallest absolute Gasteiger partial charge is 1.00 e. The van der Waals surface area contributed by atoms with Gasteiger partial charge in [-0.25, -0.2) is 0 Å². The Morgan fingerprint density at radius 2 is 1.25 bits per heavy atom. The van der Waals surface area contributed by atoms with Crippen LogP contribution in [-0.4, -0.2) is 0 Å². The first-order valence-electron chi connectivity index (χ1n) is 14.5. The summed E-state index contributed by atoms with van der Waals surface area (Å²) in [7, 11) is 0. The summed E-state index contributed by atoms with van der Waals surface area (Å²) in [4.78, 5) is 0. The predicted octanol–water partition coefficient (Wildman–Crippen LogP) is 2.94. The van der Waals surface area contributed by atoms with Crippen LogP contribution in [0.4, 0.5) is 0 Å². The van der Waals surface area contributed by atoms with E-state index in [4.69, 9.17) is 0 Å². The summed E-state index contributed by atoms with van der Waals surface area (Å²) in [6.45, 7) is 22.3. The first-order chi connectivity index (χ1) is 19.4. The Morgan fingerprint density at radius 3 is 1.66 bits per heavy atom. The van der Waals surface area contributed by atoms with E-state index < -0.39 is 0 Å². The number of hydrogen-bond acceptors (Lipinski definition) is 0. The molecule has 0 aromatic heterocycles. The normalized spacial score (nSPS) is 12.2. The summed E-state index contributed by atoms with van der Waals surface area (Å²) < 4.78 is 0. The van der Waals surface area contributed by atoms with Crippen molar-refractivity contribution in [2.45, 2.75) is 72.6 Å². The Labute approximate surface area is 297 Å². The molecular formula is C41H43Cl2Zr-3. The zero-order valence-electron chi connectivity index (χ0n) is 27.3. The molecule has 2 aliphatic rings. The fraction of sp³-hybridized carbons (Fsp3) is 0.268. The Bertz CT molecular complexity index is 1750. The number of hydrogen-bond donors (Lipinski definition) is 0. The molecule has 0 nitrogen and oxygen atoms in total. The van der Waals surface area contributed by atoms with Crippen LogP contribution in [0.15, 0.2) is 91.0 Å². The molecule has 3 heteroatoms. The third-order valence-corrected chi connectivity index (χ3v) is 7.54. The van der Waals surface area contributed by atoms with Crippen molar-refractivity contribution in [1.82, 2.24) is 0 Å². The Morgan fingerprint density at radius 1 is 0.705 bits per heavy atom. The van der Waals surface area contributed by atoms with Crippen molar-refractivity contribution in [3.63, 3.8) is 0 Å². The molecule has 0 saturated carbocycles. The van der Waals surface area contributed by atoms with E-state index in [-0.39, 0.29) is 61.8 Å². The number of halogens is 2. The molecule has 0 radical (unpaired) electrons. The van der Waals surface area contributed by atoms with E-state index in [1.165, 1.54) is 54.6 Å². The van der Waals surface area contributed by atoms with E-state index in [9.17, 15) is 0 Å². The molecule has 0 amide bonds. The van der Waals surface area contributed by atoms with Gasteiger partial charge in [-0.3, -0.25) is 0 Å². The van der Waals surface area contributed by atoms with Gasteiger partial charge in [0.1, 0.15) is 0 Å². The molecule has 0 saturated heterocycles. The number of allylic oxidation sites excluding steroid dienone is 4. The molecule has 0 bridgehead atoms. The van der Waals surface area contributed by atoms with Crippen molar-refractivity contribution in [2.75, 3.05) is 0 Å². The van der Waals surface area contributed by atoms with Gasteiger partial charge >= 0.3 is 26.2 Å². The fourth-order valence-electron chi connectivity index (χ4n) is 5.14. The van der Waals surface area contributed by atoms with E-state index in [2.05, 4.69) is 123 Å². The van der Waals surface area contributed by atoms with Gasteiger partial charge in [-0.2, -0.15) is 71.8 Å². The molecule has 0 N–H and O–H groups in total. The van der Waals surface area contributed by atoms with Crippen LogP contribution in [-0.2, 0) is 37.0 Å². The third kappa shape index (κ3) is 9.78. The molecule has 0 heterocycles. The first kappa shape index (κ1) is 39.6. The van der Waals surface area contributed by atoms with Crippen LogP contribution in [0.5, 0.6) is 0 Å². The van der Waals surface area contributed by atoms with E-state index in [1.54, 1.807) is 0 Å².